The first-order valence-corrected chi connectivity index (χ1v) is 7.83. The third-order valence-corrected chi connectivity index (χ3v) is 4.21. The second-order valence-electron chi connectivity index (χ2n) is 5.92. The summed E-state index contributed by atoms with van der Waals surface area (Å²) < 4.78 is 0. The van der Waals surface area contributed by atoms with Crippen LogP contribution in [-0.2, 0) is 19.4 Å². The molecule has 1 aliphatic carbocycles. The summed E-state index contributed by atoms with van der Waals surface area (Å²) in [6.45, 7) is 2.03. The quantitative estimate of drug-likeness (QED) is 0.770. The highest BCUT2D eigenvalue weighted by Crippen LogP contribution is 2.25. The van der Waals surface area contributed by atoms with Crippen LogP contribution in [0.4, 0.5) is 0 Å². The van der Waals surface area contributed by atoms with Crippen LogP contribution in [0.3, 0.4) is 0 Å². The van der Waals surface area contributed by atoms with Gasteiger partial charge in [0.25, 0.3) is 0 Å². The molecule has 0 fully saturated rings. The van der Waals surface area contributed by atoms with E-state index in [1.54, 1.807) is 11.1 Å². The van der Waals surface area contributed by atoms with E-state index in [1.807, 2.05) is 0 Å². The standard InChI is InChI=1S/C20H23N.ClH/c1-21(15-7-10-17-8-3-2-4-9-17)16-19-13-5-11-18-12-6-14-20(18)19;/h2-5,7-11,13H,6,12,14-16H2,1H3;1H/b10-7+;. The van der Waals surface area contributed by atoms with Crippen LogP contribution in [-0.4, -0.2) is 18.5 Å². The van der Waals surface area contributed by atoms with Crippen molar-refractivity contribution < 1.29 is 0 Å². The molecule has 0 aromatic heterocycles. The predicted octanol–water partition coefficient (Wildman–Crippen LogP) is 4.74. The predicted molar refractivity (Wildman–Crippen MR) is 97.5 cm³/mol. The number of halogens is 1. The van der Waals surface area contributed by atoms with Crippen molar-refractivity contribution in [2.24, 2.45) is 0 Å². The SMILES string of the molecule is CN(C/C=C/c1ccccc1)Cc1cccc2c1CCC2.Cl. The van der Waals surface area contributed by atoms with Gasteiger partial charge in [-0.25, -0.2) is 0 Å². The number of hydrogen-bond donors (Lipinski definition) is 0. The van der Waals surface area contributed by atoms with Gasteiger partial charge in [0.05, 0.1) is 0 Å². The maximum absolute atomic E-state index is 2.38. The lowest BCUT2D eigenvalue weighted by molar-refractivity contribution is 0.363. The first kappa shape index (κ1) is 16.8. The molecule has 0 N–H and O–H groups in total. The molecule has 0 bridgehead atoms. The van der Waals surface area contributed by atoms with E-state index >= 15 is 0 Å². The summed E-state index contributed by atoms with van der Waals surface area (Å²) in [6.07, 6.45) is 8.30. The van der Waals surface area contributed by atoms with Crippen molar-refractivity contribution >= 4 is 18.5 Å². The Bertz CT molecular complexity index is 619. The van der Waals surface area contributed by atoms with E-state index in [-0.39, 0.29) is 12.4 Å². The highest BCUT2D eigenvalue weighted by Gasteiger charge is 2.14. The smallest absolute Gasteiger partial charge is 0.0236 e. The van der Waals surface area contributed by atoms with Crippen molar-refractivity contribution in [1.82, 2.24) is 4.90 Å². The molecule has 0 aliphatic heterocycles. The zero-order chi connectivity index (χ0) is 14.5. The molecule has 0 heterocycles. The molecule has 0 unspecified atom stereocenters. The van der Waals surface area contributed by atoms with Gasteiger partial charge in [-0.05, 0) is 48.6 Å². The molecule has 0 saturated heterocycles. The fourth-order valence-electron chi connectivity index (χ4n) is 3.14. The summed E-state index contributed by atoms with van der Waals surface area (Å²) in [6, 6.07) is 17.3. The highest BCUT2D eigenvalue weighted by molar-refractivity contribution is 5.85. The van der Waals surface area contributed by atoms with E-state index in [1.165, 1.54) is 30.4 Å². The molecular formula is C20H24ClN. The van der Waals surface area contributed by atoms with Gasteiger partial charge in [0.15, 0.2) is 0 Å². The van der Waals surface area contributed by atoms with Crippen molar-refractivity contribution in [2.75, 3.05) is 13.6 Å². The summed E-state index contributed by atoms with van der Waals surface area (Å²) in [5.41, 5.74) is 5.96. The lowest BCUT2D eigenvalue weighted by Crippen LogP contribution is -2.18. The van der Waals surface area contributed by atoms with Crippen molar-refractivity contribution in [3.05, 3.63) is 76.9 Å². The Kier molecular flexibility index (Phi) is 6.23. The monoisotopic (exact) mass is 313 g/mol. The van der Waals surface area contributed by atoms with Crippen LogP contribution in [0.15, 0.2) is 54.6 Å². The Hall–Kier alpha value is -1.57. The van der Waals surface area contributed by atoms with Crippen molar-refractivity contribution in [3.8, 4) is 0 Å². The molecule has 0 atom stereocenters. The Morgan fingerprint density at radius 1 is 1.00 bits per heavy atom. The van der Waals surface area contributed by atoms with Crippen LogP contribution in [0.1, 0.15) is 28.7 Å². The zero-order valence-corrected chi connectivity index (χ0v) is 14.0. The van der Waals surface area contributed by atoms with Crippen LogP contribution in [0.5, 0.6) is 0 Å². The topological polar surface area (TPSA) is 3.24 Å². The van der Waals surface area contributed by atoms with Crippen molar-refractivity contribution in [3.63, 3.8) is 0 Å². The highest BCUT2D eigenvalue weighted by atomic mass is 35.5. The van der Waals surface area contributed by atoms with Gasteiger partial charge >= 0.3 is 0 Å². The molecular weight excluding hydrogens is 290 g/mol. The van der Waals surface area contributed by atoms with E-state index in [4.69, 9.17) is 0 Å². The van der Waals surface area contributed by atoms with Gasteiger partial charge in [-0.2, -0.15) is 0 Å². The largest absolute Gasteiger partial charge is 0.298 e. The van der Waals surface area contributed by atoms with Gasteiger partial charge < -0.3 is 0 Å². The van der Waals surface area contributed by atoms with Gasteiger partial charge in [-0.15, -0.1) is 12.4 Å². The minimum absolute atomic E-state index is 0. The van der Waals surface area contributed by atoms with Crippen LogP contribution in [0, 0.1) is 0 Å². The van der Waals surface area contributed by atoms with Gasteiger partial charge in [-0.1, -0.05) is 60.7 Å². The minimum Gasteiger partial charge on any atom is -0.298 e. The second kappa shape index (κ2) is 8.17. The molecule has 0 radical (unpaired) electrons. The van der Waals surface area contributed by atoms with Gasteiger partial charge in [0, 0.05) is 13.1 Å². The first-order chi connectivity index (χ1) is 10.3. The Balaban J connectivity index is 0.00000176. The summed E-state index contributed by atoms with van der Waals surface area (Å²) in [4.78, 5) is 2.38. The number of fused-ring (bicyclic) bond motifs is 1. The summed E-state index contributed by atoms with van der Waals surface area (Å²) in [5, 5.41) is 0. The zero-order valence-electron chi connectivity index (χ0n) is 13.2. The number of hydrogen-bond acceptors (Lipinski definition) is 1. The van der Waals surface area contributed by atoms with E-state index in [9.17, 15) is 0 Å². The lowest BCUT2D eigenvalue weighted by atomic mass is 10.0. The molecule has 22 heavy (non-hydrogen) atoms. The Labute approximate surface area is 140 Å². The Morgan fingerprint density at radius 2 is 1.82 bits per heavy atom. The van der Waals surface area contributed by atoms with E-state index in [0.29, 0.717) is 0 Å². The number of benzene rings is 2. The third kappa shape index (κ3) is 4.22. The van der Waals surface area contributed by atoms with Crippen LogP contribution in [0.25, 0.3) is 6.08 Å². The molecule has 1 nitrogen and oxygen atoms in total. The average molecular weight is 314 g/mol. The second-order valence-corrected chi connectivity index (χ2v) is 5.92. The summed E-state index contributed by atoms with van der Waals surface area (Å²) in [5.74, 6) is 0. The fraction of sp³-hybridized carbons (Fsp3) is 0.300. The molecule has 0 saturated carbocycles. The molecule has 2 aromatic carbocycles. The number of aryl methyl sites for hydroxylation is 1. The van der Waals surface area contributed by atoms with Gasteiger partial charge in [-0.3, -0.25) is 4.90 Å². The molecule has 2 aromatic rings. The van der Waals surface area contributed by atoms with Gasteiger partial charge in [0.1, 0.15) is 0 Å². The lowest BCUT2D eigenvalue weighted by Gasteiger charge is -2.17. The first-order valence-electron chi connectivity index (χ1n) is 7.83. The average Bonchev–Trinajstić information content (AvgIpc) is 2.98. The normalized spacial score (nSPS) is 13.4. The molecule has 0 spiro atoms. The number of rotatable bonds is 5. The van der Waals surface area contributed by atoms with Crippen molar-refractivity contribution in [2.45, 2.75) is 25.8 Å². The number of nitrogens with zero attached hydrogens (tertiary/aromatic N) is 1. The molecule has 1 aliphatic rings. The van der Waals surface area contributed by atoms with Crippen LogP contribution >= 0.6 is 12.4 Å². The van der Waals surface area contributed by atoms with E-state index < -0.39 is 0 Å². The van der Waals surface area contributed by atoms with E-state index in [0.717, 1.165) is 13.1 Å². The molecule has 116 valence electrons. The van der Waals surface area contributed by atoms with E-state index in [2.05, 4.69) is 72.6 Å². The molecule has 0 amide bonds. The minimum atomic E-state index is 0. The van der Waals surface area contributed by atoms with Gasteiger partial charge in [0.2, 0.25) is 0 Å². The number of likely N-dealkylation sites (N-methyl/N-ethyl adjacent to an activating group) is 1. The van der Waals surface area contributed by atoms with Crippen LogP contribution < -0.4 is 0 Å². The summed E-state index contributed by atoms with van der Waals surface area (Å²) >= 11 is 0. The fourth-order valence-corrected chi connectivity index (χ4v) is 3.14. The Morgan fingerprint density at radius 3 is 2.64 bits per heavy atom. The maximum atomic E-state index is 2.38. The maximum Gasteiger partial charge on any atom is 0.0236 e. The summed E-state index contributed by atoms with van der Waals surface area (Å²) in [7, 11) is 2.20. The third-order valence-electron chi connectivity index (χ3n) is 4.21. The molecule has 3 rings (SSSR count). The molecule has 2 heteroatoms. The van der Waals surface area contributed by atoms with Crippen molar-refractivity contribution in [1.29, 1.82) is 0 Å². The van der Waals surface area contributed by atoms with Crippen LogP contribution in [0.2, 0.25) is 0 Å².